The topological polar surface area (TPSA) is 39.0 Å². The standard InChI is InChI=1S/C2HNO/c4-2-1-3-2/h(H,3,4). The van der Waals surface area contributed by atoms with Gasteiger partial charge in [-0.05, 0) is 0 Å². The van der Waals surface area contributed by atoms with Crippen molar-refractivity contribution in [3.8, 4) is 0 Å². The molecule has 0 atom stereocenters. The summed E-state index contributed by atoms with van der Waals surface area (Å²) in [7, 11) is 0. The van der Waals surface area contributed by atoms with Gasteiger partial charge in [-0.1, -0.05) is 0 Å². The van der Waals surface area contributed by atoms with Crippen molar-refractivity contribution >= 4 is 5.91 Å². The van der Waals surface area contributed by atoms with Crippen LogP contribution >= 0.6 is 0 Å². The van der Waals surface area contributed by atoms with Crippen molar-refractivity contribution in [3.05, 3.63) is 6.54 Å². The van der Waals surface area contributed by atoms with Crippen molar-refractivity contribution in [1.29, 1.82) is 0 Å². The van der Waals surface area contributed by atoms with E-state index in [1.54, 1.807) is 0 Å². The minimum Gasteiger partial charge on any atom is -0.335 e. The summed E-state index contributed by atoms with van der Waals surface area (Å²) < 4.78 is 0. The maximum Gasteiger partial charge on any atom is 0.253 e. The highest BCUT2D eigenvalue weighted by atomic mass is 16.2. The number of rotatable bonds is 0. The molecule has 0 saturated carbocycles. The van der Waals surface area contributed by atoms with Gasteiger partial charge in [0.2, 0.25) is 0 Å². The maximum absolute atomic E-state index is 9.33. The van der Waals surface area contributed by atoms with Gasteiger partial charge in [0, 0.05) is 0 Å². The number of amides is 1. The zero-order chi connectivity index (χ0) is 2.99. The van der Waals surface area contributed by atoms with Crippen LogP contribution in [0.5, 0.6) is 0 Å². The monoisotopic (exact) mass is 55.0 g/mol. The Labute approximate surface area is 23.8 Å². The number of carbonyl (C=O) groups is 1. The Balaban J connectivity index is 2.60. The molecule has 0 unspecified atom stereocenters. The third-order valence-corrected chi connectivity index (χ3v) is 0.227. The van der Waals surface area contributed by atoms with E-state index in [1.807, 2.05) is 0 Å². The van der Waals surface area contributed by atoms with E-state index in [9.17, 15) is 4.79 Å². The molecular weight excluding hydrogens is 54.0 g/mol. The van der Waals surface area contributed by atoms with Crippen LogP contribution in [0.2, 0.25) is 0 Å². The highest BCUT2D eigenvalue weighted by Gasteiger charge is 2.14. The Bertz CT molecular complexity index is 44.0. The second-order valence-corrected chi connectivity index (χ2v) is 0.579. The van der Waals surface area contributed by atoms with Crippen LogP contribution in [0.1, 0.15) is 0 Å². The molecule has 0 spiro atoms. The van der Waals surface area contributed by atoms with Gasteiger partial charge >= 0.3 is 0 Å². The molecule has 0 aromatic heterocycles. The highest BCUT2D eigenvalue weighted by molar-refractivity contribution is 5.99. The van der Waals surface area contributed by atoms with Crippen LogP contribution < -0.4 is 5.32 Å². The molecule has 0 aromatic carbocycles. The first kappa shape index (κ1) is 1.76. The maximum atomic E-state index is 9.33. The number of carbonyl (C=O) groups excluding carboxylic acids is 1. The Hall–Kier alpha value is -0.530. The van der Waals surface area contributed by atoms with E-state index >= 15 is 0 Å². The van der Waals surface area contributed by atoms with Crippen LogP contribution in [0, 0.1) is 6.54 Å². The van der Waals surface area contributed by atoms with Crippen molar-refractivity contribution in [3.63, 3.8) is 0 Å². The van der Waals surface area contributed by atoms with Crippen LogP contribution in [0.3, 0.4) is 0 Å². The summed E-state index contributed by atoms with van der Waals surface area (Å²) >= 11 is 0. The van der Waals surface area contributed by atoms with Gasteiger partial charge in [-0.15, -0.1) is 0 Å². The van der Waals surface area contributed by atoms with Gasteiger partial charge in [-0.3, -0.25) is 4.79 Å². The second-order valence-electron chi connectivity index (χ2n) is 0.579. The molecule has 1 saturated heterocycles. The van der Waals surface area contributed by atoms with Gasteiger partial charge in [0.1, 0.15) is 0 Å². The lowest BCUT2D eigenvalue weighted by molar-refractivity contribution is -0.109. The Morgan fingerprint density at radius 3 is 2.25 bits per heavy atom. The van der Waals surface area contributed by atoms with Crippen molar-refractivity contribution in [2.24, 2.45) is 0 Å². The van der Waals surface area contributed by atoms with Crippen molar-refractivity contribution in [1.82, 2.24) is 5.32 Å². The van der Waals surface area contributed by atoms with Crippen LogP contribution in [0.4, 0.5) is 0 Å². The van der Waals surface area contributed by atoms with E-state index in [-0.39, 0.29) is 5.91 Å². The first-order chi connectivity index (χ1) is 1.89. The molecule has 0 aliphatic carbocycles. The van der Waals surface area contributed by atoms with E-state index in [4.69, 9.17) is 0 Å². The summed E-state index contributed by atoms with van der Waals surface area (Å²) in [5, 5.41) is 2.21. The molecule has 1 heterocycles. The first-order valence-corrected chi connectivity index (χ1v) is 0.954. The first-order valence-electron chi connectivity index (χ1n) is 0.954. The molecule has 2 radical (unpaired) electrons. The molecule has 2 nitrogen and oxygen atoms in total. The average Bonchev–Trinajstić information content (AvgIpc) is 1.75. The second kappa shape index (κ2) is 0.267. The summed E-state index contributed by atoms with van der Waals surface area (Å²) in [6.07, 6.45) is 0. The van der Waals surface area contributed by atoms with Gasteiger partial charge in [0.15, 0.2) is 6.54 Å². The van der Waals surface area contributed by atoms with E-state index in [1.165, 1.54) is 0 Å². The van der Waals surface area contributed by atoms with Crippen LogP contribution in [0.25, 0.3) is 0 Å². The summed E-state index contributed by atoms with van der Waals surface area (Å²) in [5.74, 6) is -0.0833. The zero-order valence-corrected chi connectivity index (χ0v) is 1.91. The van der Waals surface area contributed by atoms with Crippen LogP contribution in [0.15, 0.2) is 0 Å². The van der Waals surface area contributed by atoms with E-state index < -0.39 is 0 Å². The van der Waals surface area contributed by atoms with E-state index in [2.05, 4.69) is 11.9 Å². The summed E-state index contributed by atoms with van der Waals surface area (Å²) in [5.41, 5.74) is 0. The lowest BCUT2D eigenvalue weighted by atomic mass is 11.0. The van der Waals surface area contributed by atoms with Crippen molar-refractivity contribution < 1.29 is 4.79 Å². The van der Waals surface area contributed by atoms with Crippen LogP contribution in [-0.4, -0.2) is 5.91 Å². The lowest BCUT2D eigenvalue weighted by Gasteiger charge is -1.29. The lowest BCUT2D eigenvalue weighted by Crippen LogP contribution is -1.66. The molecule has 20 valence electrons. The fraction of sp³-hybridized carbons (Fsp3) is 0. The molecule has 1 aliphatic heterocycles. The van der Waals surface area contributed by atoms with E-state index in [0.717, 1.165) is 0 Å². The largest absolute Gasteiger partial charge is 0.335 e. The number of nitrogens with one attached hydrogen (secondary N) is 1. The minimum atomic E-state index is -0.0833. The SMILES string of the molecule is O=C1[C]N1. The molecule has 1 rings (SSSR count). The smallest absolute Gasteiger partial charge is 0.253 e. The Kier molecular flexibility index (Phi) is 0.117. The highest BCUT2D eigenvalue weighted by Crippen LogP contribution is 1.82. The number of hydrogen-bond acceptors (Lipinski definition) is 1. The average molecular weight is 55.0 g/mol. The normalized spacial score (nSPS) is 19.5. The molecule has 0 bridgehead atoms. The van der Waals surface area contributed by atoms with E-state index in [0.29, 0.717) is 0 Å². The summed E-state index contributed by atoms with van der Waals surface area (Å²) in [6.45, 7) is 2.21. The molecule has 4 heavy (non-hydrogen) atoms. The van der Waals surface area contributed by atoms with Gasteiger partial charge in [-0.2, -0.15) is 0 Å². The van der Waals surface area contributed by atoms with Gasteiger partial charge < -0.3 is 5.32 Å². The fourth-order valence-electron chi connectivity index (χ4n) is 0.0255. The minimum absolute atomic E-state index is 0.0833. The van der Waals surface area contributed by atoms with Crippen molar-refractivity contribution in [2.45, 2.75) is 0 Å². The third kappa shape index (κ3) is 0.0532. The molecule has 1 aliphatic rings. The zero-order valence-electron chi connectivity index (χ0n) is 1.91. The van der Waals surface area contributed by atoms with Gasteiger partial charge in [0.25, 0.3) is 5.91 Å². The third-order valence-electron chi connectivity index (χ3n) is 0.227. The Morgan fingerprint density at radius 1 is 2.00 bits per heavy atom. The summed E-state index contributed by atoms with van der Waals surface area (Å²) in [6, 6.07) is 0. The van der Waals surface area contributed by atoms with Crippen LogP contribution in [-0.2, 0) is 4.79 Å². The molecule has 1 amide bonds. The van der Waals surface area contributed by atoms with Gasteiger partial charge in [0.05, 0.1) is 0 Å². The predicted molar refractivity (Wildman–Crippen MR) is 11.4 cm³/mol. The Morgan fingerprint density at radius 2 is 2.25 bits per heavy atom. The fourth-order valence-corrected chi connectivity index (χ4v) is 0.0255. The predicted octanol–water partition coefficient (Wildman–Crippen LogP) is -0.845. The number of hydrogen-bond donors (Lipinski definition) is 1. The quantitative estimate of drug-likeness (QED) is 0.360. The molecule has 1 fully saturated rings. The van der Waals surface area contributed by atoms with Gasteiger partial charge in [-0.25, -0.2) is 0 Å². The molecule has 0 aromatic rings. The molecular formula is C2HNO. The van der Waals surface area contributed by atoms with Crippen molar-refractivity contribution in [2.75, 3.05) is 0 Å². The summed E-state index contributed by atoms with van der Waals surface area (Å²) in [4.78, 5) is 9.33. The molecule has 2 heteroatoms. The molecule has 1 N–H and O–H groups in total.